The third-order valence-corrected chi connectivity index (χ3v) is 4.07. The van der Waals surface area contributed by atoms with Crippen molar-refractivity contribution in [2.24, 2.45) is 5.92 Å². The summed E-state index contributed by atoms with van der Waals surface area (Å²) in [6, 6.07) is 0.740. The Morgan fingerprint density at radius 3 is 2.47 bits per heavy atom. The third kappa shape index (κ3) is 4.94. The van der Waals surface area contributed by atoms with Gasteiger partial charge in [-0.1, -0.05) is 6.92 Å². The first-order valence-electron chi connectivity index (χ1n) is 7.27. The average Bonchev–Trinajstić information content (AvgIpc) is 2.38. The van der Waals surface area contributed by atoms with E-state index in [2.05, 4.69) is 12.2 Å². The van der Waals surface area contributed by atoms with Crippen LogP contribution in [0.5, 0.6) is 0 Å². The zero-order valence-corrected chi connectivity index (χ0v) is 11.1. The summed E-state index contributed by atoms with van der Waals surface area (Å²) in [5.74, 6) is 0.937. The van der Waals surface area contributed by atoms with E-state index >= 15 is 0 Å². The number of ether oxygens (including phenoxy) is 2. The van der Waals surface area contributed by atoms with E-state index in [9.17, 15) is 0 Å². The smallest absolute Gasteiger partial charge is 0.0619 e. The van der Waals surface area contributed by atoms with Crippen LogP contribution in [0.15, 0.2) is 0 Å². The van der Waals surface area contributed by atoms with E-state index in [4.69, 9.17) is 9.47 Å². The van der Waals surface area contributed by atoms with Crippen molar-refractivity contribution >= 4 is 0 Å². The molecule has 3 nitrogen and oxygen atoms in total. The van der Waals surface area contributed by atoms with Crippen LogP contribution in [-0.4, -0.2) is 38.5 Å². The molecule has 0 atom stereocenters. The van der Waals surface area contributed by atoms with Crippen molar-refractivity contribution in [1.82, 2.24) is 5.32 Å². The van der Waals surface area contributed by atoms with Crippen LogP contribution >= 0.6 is 0 Å². The van der Waals surface area contributed by atoms with Crippen molar-refractivity contribution in [3.63, 3.8) is 0 Å². The lowest BCUT2D eigenvalue weighted by Crippen LogP contribution is -2.36. The van der Waals surface area contributed by atoms with E-state index in [1.54, 1.807) is 0 Å². The molecule has 0 aromatic heterocycles. The zero-order valence-electron chi connectivity index (χ0n) is 11.1. The second kappa shape index (κ2) is 7.34. The van der Waals surface area contributed by atoms with Crippen LogP contribution in [0.3, 0.4) is 0 Å². The maximum Gasteiger partial charge on any atom is 0.0619 e. The van der Waals surface area contributed by atoms with Crippen molar-refractivity contribution in [3.05, 3.63) is 0 Å². The van der Waals surface area contributed by atoms with Crippen LogP contribution in [0.25, 0.3) is 0 Å². The Labute approximate surface area is 105 Å². The van der Waals surface area contributed by atoms with Crippen LogP contribution in [0.1, 0.15) is 45.4 Å². The van der Waals surface area contributed by atoms with Crippen LogP contribution in [0.4, 0.5) is 0 Å². The monoisotopic (exact) mass is 241 g/mol. The summed E-state index contributed by atoms with van der Waals surface area (Å²) >= 11 is 0. The molecule has 1 saturated heterocycles. The number of hydrogen-bond donors (Lipinski definition) is 1. The molecule has 0 amide bonds. The van der Waals surface area contributed by atoms with Crippen LogP contribution in [-0.2, 0) is 9.47 Å². The van der Waals surface area contributed by atoms with Gasteiger partial charge in [-0.3, -0.25) is 0 Å². The second-order valence-corrected chi connectivity index (χ2v) is 5.59. The Morgan fingerprint density at radius 2 is 1.76 bits per heavy atom. The molecule has 100 valence electrons. The zero-order chi connectivity index (χ0) is 11.9. The molecule has 1 aliphatic heterocycles. The summed E-state index contributed by atoms with van der Waals surface area (Å²) in [4.78, 5) is 0. The summed E-state index contributed by atoms with van der Waals surface area (Å²) in [6.07, 6.45) is 8.05. The molecule has 1 N–H and O–H groups in total. The predicted octanol–water partition coefficient (Wildman–Crippen LogP) is 2.35. The maximum atomic E-state index is 5.85. The molecule has 2 fully saturated rings. The molecule has 17 heavy (non-hydrogen) atoms. The molecule has 3 heteroatoms. The first-order valence-corrected chi connectivity index (χ1v) is 7.27. The summed E-state index contributed by atoms with van der Waals surface area (Å²) in [6.45, 7) is 5.98. The van der Waals surface area contributed by atoms with E-state index in [1.807, 2.05) is 0 Å². The summed E-state index contributed by atoms with van der Waals surface area (Å²) in [7, 11) is 0. The van der Waals surface area contributed by atoms with Crippen molar-refractivity contribution in [2.75, 3.05) is 26.4 Å². The highest BCUT2D eigenvalue weighted by molar-refractivity contribution is 4.75. The minimum Gasteiger partial charge on any atom is -0.381 e. The van der Waals surface area contributed by atoms with Gasteiger partial charge in [0.2, 0.25) is 0 Å². The molecule has 1 aliphatic carbocycles. The van der Waals surface area contributed by atoms with Gasteiger partial charge in [0.05, 0.1) is 12.7 Å². The van der Waals surface area contributed by atoms with Gasteiger partial charge in [0.25, 0.3) is 0 Å². The Hall–Kier alpha value is -0.120. The highest BCUT2D eigenvalue weighted by atomic mass is 16.5. The fourth-order valence-electron chi connectivity index (χ4n) is 2.80. The molecule has 2 rings (SSSR count). The first kappa shape index (κ1) is 13.3. The molecule has 1 saturated carbocycles. The number of hydrogen-bond acceptors (Lipinski definition) is 3. The van der Waals surface area contributed by atoms with Gasteiger partial charge >= 0.3 is 0 Å². The van der Waals surface area contributed by atoms with E-state index in [-0.39, 0.29) is 0 Å². The van der Waals surface area contributed by atoms with Gasteiger partial charge < -0.3 is 14.8 Å². The van der Waals surface area contributed by atoms with Crippen LogP contribution in [0, 0.1) is 5.92 Å². The van der Waals surface area contributed by atoms with Crippen molar-refractivity contribution in [1.29, 1.82) is 0 Å². The third-order valence-electron chi connectivity index (χ3n) is 4.07. The molecule has 0 spiro atoms. The topological polar surface area (TPSA) is 30.5 Å². The van der Waals surface area contributed by atoms with E-state index in [0.717, 1.165) is 51.2 Å². The minimum atomic E-state index is 0.442. The molecule has 0 unspecified atom stereocenters. The molecular weight excluding hydrogens is 214 g/mol. The predicted molar refractivity (Wildman–Crippen MR) is 69.2 cm³/mol. The highest BCUT2D eigenvalue weighted by Crippen LogP contribution is 2.23. The summed E-state index contributed by atoms with van der Waals surface area (Å²) in [5.41, 5.74) is 0. The fraction of sp³-hybridized carbons (Fsp3) is 1.00. The maximum absolute atomic E-state index is 5.85. The normalized spacial score (nSPS) is 31.6. The Balaban J connectivity index is 1.48. The van der Waals surface area contributed by atoms with Gasteiger partial charge in [-0.15, -0.1) is 0 Å². The first-order chi connectivity index (χ1) is 8.34. The Bertz CT molecular complexity index is 196. The van der Waals surface area contributed by atoms with Crippen molar-refractivity contribution in [2.45, 2.75) is 57.6 Å². The van der Waals surface area contributed by atoms with Gasteiger partial charge in [-0.2, -0.15) is 0 Å². The molecule has 0 bridgehead atoms. The molecule has 0 radical (unpaired) electrons. The van der Waals surface area contributed by atoms with Gasteiger partial charge in [0, 0.05) is 25.8 Å². The lowest BCUT2D eigenvalue weighted by atomic mass is 9.87. The number of nitrogens with one attached hydrogen (secondary N) is 1. The van der Waals surface area contributed by atoms with Gasteiger partial charge in [0.1, 0.15) is 0 Å². The van der Waals surface area contributed by atoms with Gasteiger partial charge in [-0.05, 0) is 44.4 Å². The SMILES string of the molecule is CC1CCC(NCCOC2CCOCC2)CC1. The highest BCUT2D eigenvalue weighted by Gasteiger charge is 2.18. The fourth-order valence-corrected chi connectivity index (χ4v) is 2.80. The van der Waals surface area contributed by atoms with Crippen LogP contribution < -0.4 is 5.32 Å². The minimum absolute atomic E-state index is 0.442. The quantitative estimate of drug-likeness (QED) is 0.750. The lowest BCUT2D eigenvalue weighted by Gasteiger charge is -2.27. The standard InChI is InChI=1S/C14H27NO2/c1-12-2-4-13(5-3-12)15-8-11-17-14-6-9-16-10-7-14/h12-15H,2-11H2,1H3. The van der Waals surface area contributed by atoms with Crippen molar-refractivity contribution < 1.29 is 9.47 Å². The van der Waals surface area contributed by atoms with E-state index < -0.39 is 0 Å². The summed E-state index contributed by atoms with van der Waals surface area (Å²) in [5, 5.41) is 3.63. The van der Waals surface area contributed by atoms with Crippen LogP contribution in [0.2, 0.25) is 0 Å². The number of rotatable bonds is 5. The average molecular weight is 241 g/mol. The Kier molecular flexibility index (Phi) is 5.75. The Morgan fingerprint density at radius 1 is 1.06 bits per heavy atom. The van der Waals surface area contributed by atoms with E-state index in [0.29, 0.717) is 6.10 Å². The largest absolute Gasteiger partial charge is 0.381 e. The van der Waals surface area contributed by atoms with Crippen molar-refractivity contribution in [3.8, 4) is 0 Å². The molecule has 2 aliphatic rings. The summed E-state index contributed by atoms with van der Waals surface area (Å²) < 4.78 is 11.2. The lowest BCUT2D eigenvalue weighted by molar-refractivity contribution is -0.0311. The molecule has 0 aromatic carbocycles. The van der Waals surface area contributed by atoms with E-state index in [1.165, 1.54) is 25.7 Å². The van der Waals surface area contributed by atoms with Gasteiger partial charge in [0.15, 0.2) is 0 Å². The molecule has 1 heterocycles. The molecule has 0 aromatic rings. The second-order valence-electron chi connectivity index (χ2n) is 5.59. The molecular formula is C14H27NO2. The van der Waals surface area contributed by atoms with Gasteiger partial charge in [-0.25, -0.2) is 0 Å².